The highest BCUT2D eigenvalue weighted by molar-refractivity contribution is 5.88. The fraction of sp³-hybridized carbons (Fsp3) is 0.750. The third-order valence-electron chi connectivity index (χ3n) is 3.99. The molecular weight excluding hydrogens is 176 g/mol. The molecule has 1 unspecified atom stereocenters. The van der Waals surface area contributed by atoms with Crippen LogP contribution in [0.3, 0.4) is 0 Å². The first-order valence-electron chi connectivity index (χ1n) is 5.56. The first kappa shape index (κ1) is 9.75. The average molecular weight is 194 g/mol. The van der Waals surface area contributed by atoms with Crippen molar-refractivity contribution in [2.24, 2.45) is 17.8 Å². The van der Waals surface area contributed by atoms with Crippen molar-refractivity contribution in [1.29, 1.82) is 0 Å². The molecule has 0 spiro atoms. The molecule has 3 atom stereocenters. The fourth-order valence-corrected chi connectivity index (χ4v) is 3.29. The monoisotopic (exact) mass is 194 g/mol. The molecule has 0 bridgehead atoms. The van der Waals surface area contributed by atoms with E-state index in [1.807, 2.05) is 0 Å². The number of carbonyl (C=O) groups is 1. The second-order valence-electron chi connectivity index (χ2n) is 4.87. The third-order valence-corrected chi connectivity index (χ3v) is 3.99. The SMILES string of the molecule is C[C@@H]1CCC(C(=O)O)=C2CC[C@H](C)C21. The molecule has 1 saturated carbocycles. The van der Waals surface area contributed by atoms with Crippen molar-refractivity contribution in [2.45, 2.75) is 39.5 Å². The summed E-state index contributed by atoms with van der Waals surface area (Å²) in [6.07, 6.45) is 4.05. The Morgan fingerprint density at radius 1 is 1.21 bits per heavy atom. The maximum atomic E-state index is 11.1. The van der Waals surface area contributed by atoms with Crippen LogP contribution in [-0.4, -0.2) is 11.1 Å². The molecule has 2 aliphatic carbocycles. The van der Waals surface area contributed by atoms with Crippen molar-refractivity contribution < 1.29 is 9.90 Å². The molecule has 0 saturated heterocycles. The third kappa shape index (κ3) is 1.37. The number of aliphatic carboxylic acids is 1. The Balaban J connectivity index is 2.37. The normalized spacial score (nSPS) is 37.1. The van der Waals surface area contributed by atoms with Gasteiger partial charge in [-0.25, -0.2) is 4.79 Å². The smallest absolute Gasteiger partial charge is 0.331 e. The van der Waals surface area contributed by atoms with Crippen LogP contribution < -0.4 is 0 Å². The van der Waals surface area contributed by atoms with Gasteiger partial charge in [0.2, 0.25) is 0 Å². The number of carboxylic acid groups (broad SMARTS) is 1. The van der Waals surface area contributed by atoms with Gasteiger partial charge in [-0.05, 0) is 43.4 Å². The van der Waals surface area contributed by atoms with E-state index in [-0.39, 0.29) is 0 Å². The summed E-state index contributed by atoms with van der Waals surface area (Å²) in [5.74, 6) is 1.26. The number of fused-ring (bicyclic) bond motifs is 1. The summed E-state index contributed by atoms with van der Waals surface area (Å²) in [7, 11) is 0. The molecular formula is C12H18O2. The lowest BCUT2D eigenvalue weighted by Crippen LogP contribution is -2.23. The van der Waals surface area contributed by atoms with E-state index in [1.165, 1.54) is 12.0 Å². The summed E-state index contributed by atoms with van der Waals surface area (Å²) in [6.45, 7) is 4.53. The van der Waals surface area contributed by atoms with E-state index in [0.717, 1.165) is 24.8 Å². The zero-order chi connectivity index (χ0) is 10.3. The van der Waals surface area contributed by atoms with Gasteiger partial charge in [-0.1, -0.05) is 19.4 Å². The topological polar surface area (TPSA) is 37.3 Å². The van der Waals surface area contributed by atoms with Gasteiger partial charge in [-0.2, -0.15) is 0 Å². The summed E-state index contributed by atoms with van der Waals surface area (Å²) in [5, 5.41) is 9.10. The second-order valence-corrected chi connectivity index (χ2v) is 4.87. The molecule has 1 N–H and O–H groups in total. The van der Waals surface area contributed by atoms with Crippen molar-refractivity contribution in [1.82, 2.24) is 0 Å². The van der Waals surface area contributed by atoms with Gasteiger partial charge in [0.15, 0.2) is 0 Å². The number of rotatable bonds is 1. The molecule has 0 aromatic heterocycles. The Morgan fingerprint density at radius 3 is 2.36 bits per heavy atom. The Kier molecular flexibility index (Phi) is 2.38. The van der Waals surface area contributed by atoms with Gasteiger partial charge < -0.3 is 5.11 Å². The number of hydrogen-bond donors (Lipinski definition) is 1. The van der Waals surface area contributed by atoms with Crippen LogP contribution >= 0.6 is 0 Å². The highest BCUT2D eigenvalue weighted by atomic mass is 16.4. The van der Waals surface area contributed by atoms with E-state index in [2.05, 4.69) is 13.8 Å². The van der Waals surface area contributed by atoms with Crippen LogP contribution in [0.4, 0.5) is 0 Å². The molecule has 78 valence electrons. The minimum atomic E-state index is -0.675. The summed E-state index contributed by atoms with van der Waals surface area (Å²) in [6, 6.07) is 0. The molecule has 2 heteroatoms. The van der Waals surface area contributed by atoms with E-state index in [1.54, 1.807) is 0 Å². The molecule has 0 aliphatic heterocycles. The summed E-state index contributed by atoms with van der Waals surface area (Å²) in [4.78, 5) is 11.1. The Labute approximate surface area is 85.0 Å². The van der Waals surface area contributed by atoms with Gasteiger partial charge >= 0.3 is 5.97 Å². The van der Waals surface area contributed by atoms with Crippen LogP contribution in [0, 0.1) is 17.8 Å². The minimum Gasteiger partial charge on any atom is -0.478 e. The van der Waals surface area contributed by atoms with Crippen LogP contribution in [-0.2, 0) is 4.79 Å². The quantitative estimate of drug-likeness (QED) is 0.697. The number of allylic oxidation sites excluding steroid dienone is 1. The lowest BCUT2D eigenvalue weighted by Gasteiger charge is -2.30. The van der Waals surface area contributed by atoms with Crippen molar-refractivity contribution >= 4 is 5.97 Å². The van der Waals surface area contributed by atoms with E-state index < -0.39 is 5.97 Å². The fourth-order valence-electron chi connectivity index (χ4n) is 3.29. The Hall–Kier alpha value is -0.790. The minimum absolute atomic E-state index is 0.565. The summed E-state index contributed by atoms with van der Waals surface area (Å²) < 4.78 is 0. The van der Waals surface area contributed by atoms with Gasteiger partial charge in [0, 0.05) is 5.57 Å². The van der Waals surface area contributed by atoms with Crippen LogP contribution in [0.2, 0.25) is 0 Å². The highest BCUT2D eigenvalue weighted by Gasteiger charge is 2.38. The molecule has 1 fully saturated rings. The molecule has 0 aromatic rings. The predicted molar refractivity (Wildman–Crippen MR) is 54.9 cm³/mol. The number of carboxylic acids is 1. The largest absolute Gasteiger partial charge is 0.478 e. The second kappa shape index (κ2) is 3.41. The van der Waals surface area contributed by atoms with Crippen molar-refractivity contribution in [3.63, 3.8) is 0 Å². The number of hydrogen-bond acceptors (Lipinski definition) is 1. The molecule has 0 amide bonds. The van der Waals surface area contributed by atoms with Gasteiger partial charge in [0.1, 0.15) is 0 Å². The molecule has 2 rings (SSSR count). The molecule has 0 aromatic carbocycles. The molecule has 0 radical (unpaired) electrons. The van der Waals surface area contributed by atoms with Crippen LogP contribution in [0.1, 0.15) is 39.5 Å². The summed E-state index contributed by atoms with van der Waals surface area (Å²) in [5.41, 5.74) is 2.00. The maximum Gasteiger partial charge on any atom is 0.331 e. The highest BCUT2D eigenvalue weighted by Crippen LogP contribution is 2.47. The van der Waals surface area contributed by atoms with E-state index in [4.69, 9.17) is 5.11 Å². The lowest BCUT2D eigenvalue weighted by atomic mass is 9.74. The molecule has 14 heavy (non-hydrogen) atoms. The van der Waals surface area contributed by atoms with Crippen LogP contribution in [0.5, 0.6) is 0 Å². The van der Waals surface area contributed by atoms with Crippen LogP contribution in [0.25, 0.3) is 0 Å². The zero-order valence-corrected chi connectivity index (χ0v) is 8.92. The van der Waals surface area contributed by atoms with E-state index >= 15 is 0 Å². The van der Waals surface area contributed by atoms with Gasteiger partial charge in [-0.3, -0.25) is 0 Å². The van der Waals surface area contributed by atoms with E-state index in [9.17, 15) is 4.79 Å². The zero-order valence-electron chi connectivity index (χ0n) is 8.92. The van der Waals surface area contributed by atoms with Crippen molar-refractivity contribution in [2.75, 3.05) is 0 Å². The van der Waals surface area contributed by atoms with Gasteiger partial charge in [0.05, 0.1) is 0 Å². The standard InChI is InChI=1S/C12H18O2/c1-7-3-5-9-10(12(13)14)6-4-8(2)11(7)9/h7-8,11H,3-6H2,1-2H3,(H,13,14)/t7-,8+,11?/m0/s1. The average Bonchev–Trinajstić information content (AvgIpc) is 2.49. The molecule has 2 aliphatic rings. The van der Waals surface area contributed by atoms with E-state index in [0.29, 0.717) is 17.8 Å². The Morgan fingerprint density at radius 2 is 1.79 bits per heavy atom. The molecule has 0 heterocycles. The van der Waals surface area contributed by atoms with Crippen molar-refractivity contribution in [3.8, 4) is 0 Å². The molecule has 2 nitrogen and oxygen atoms in total. The predicted octanol–water partition coefficient (Wildman–Crippen LogP) is 2.84. The Bertz CT molecular complexity index is 291. The van der Waals surface area contributed by atoms with Crippen LogP contribution in [0.15, 0.2) is 11.1 Å². The lowest BCUT2D eigenvalue weighted by molar-refractivity contribution is -0.133. The van der Waals surface area contributed by atoms with Gasteiger partial charge in [-0.15, -0.1) is 0 Å². The first-order valence-corrected chi connectivity index (χ1v) is 5.56. The first-order chi connectivity index (χ1) is 6.61. The summed E-state index contributed by atoms with van der Waals surface area (Å²) >= 11 is 0. The van der Waals surface area contributed by atoms with Gasteiger partial charge in [0.25, 0.3) is 0 Å². The van der Waals surface area contributed by atoms with Crippen molar-refractivity contribution in [3.05, 3.63) is 11.1 Å². The maximum absolute atomic E-state index is 11.1.